The topological polar surface area (TPSA) is 38.9 Å². The van der Waals surface area contributed by atoms with Crippen LogP contribution >= 0.6 is 0 Å². The van der Waals surface area contributed by atoms with E-state index in [-0.39, 0.29) is 6.04 Å². The quantitative estimate of drug-likeness (QED) is 0.831. The van der Waals surface area contributed by atoms with E-state index in [1.807, 2.05) is 12.1 Å². The third kappa shape index (κ3) is 2.12. The van der Waals surface area contributed by atoms with Crippen LogP contribution in [0, 0.1) is 13.8 Å². The van der Waals surface area contributed by atoms with E-state index in [4.69, 9.17) is 5.73 Å². The van der Waals surface area contributed by atoms with Crippen molar-refractivity contribution in [1.82, 2.24) is 4.98 Å². The Bertz CT molecular complexity index is 477. The summed E-state index contributed by atoms with van der Waals surface area (Å²) in [7, 11) is 0. The predicted molar refractivity (Wildman–Crippen MR) is 66.2 cm³/mol. The van der Waals surface area contributed by atoms with E-state index in [1.165, 1.54) is 16.7 Å². The highest BCUT2D eigenvalue weighted by atomic mass is 14.7. The lowest BCUT2D eigenvalue weighted by Gasteiger charge is -2.15. The Kier molecular flexibility index (Phi) is 3.02. The second-order valence-electron chi connectivity index (χ2n) is 4.12. The van der Waals surface area contributed by atoms with Gasteiger partial charge < -0.3 is 5.73 Å². The number of benzene rings is 1. The first-order chi connectivity index (χ1) is 7.68. The van der Waals surface area contributed by atoms with E-state index in [2.05, 4.69) is 37.0 Å². The van der Waals surface area contributed by atoms with E-state index >= 15 is 0 Å². The molecule has 0 unspecified atom stereocenters. The smallest absolute Gasteiger partial charge is 0.0555 e. The van der Waals surface area contributed by atoms with E-state index in [9.17, 15) is 0 Å². The number of rotatable bonds is 2. The van der Waals surface area contributed by atoms with Crippen molar-refractivity contribution in [3.05, 3.63) is 65.0 Å². The molecule has 0 radical (unpaired) electrons. The normalized spacial score (nSPS) is 12.4. The van der Waals surface area contributed by atoms with Gasteiger partial charge in [0.2, 0.25) is 0 Å². The predicted octanol–water partition coefficient (Wildman–Crippen LogP) is 2.75. The zero-order valence-electron chi connectivity index (χ0n) is 9.64. The molecule has 2 aromatic rings. The molecule has 0 aliphatic carbocycles. The third-order valence-corrected chi connectivity index (χ3v) is 2.84. The highest BCUT2D eigenvalue weighted by molar-refractivity contribution is 5.38. The lowest BCUT2D eigenvalue weighted by molar-refractivity contribution is 0.856. The lowest BCUT2D eigenvalue weighted by Crippen LogP contribution is -2.13. The molecule has 0 saturated heterocycles. The fraction of sp³-hybridized carbons (Fsp3) is 0.214. The van der Waals surface area contributed by atoms with Gasteiger partial charge in [-0.2, -0.15) is 0 Å². The molecule has 2 nitrogen and oxygen atoms in total. The second-order valence-corrected chi connectivity index (χ2v) is 4.12. The van der Waals surface area contributed by atoms with Crippen LogP contribution in [0.25, 0.3) is 0 Å². The molecule has 2 rings (SSSR count). The third-order valence-electron chi connectivity index (χ3n) is 2.84. The van der Waals surface area contributed by atoms with Gasteiger partial charge in [0, 0.05) is 12.4 Å². The average molecular weight is 212 g/mol. The zero-order valence-corrected chi connectivity index (χ0v) is 9.64. The van der Waals surface area contributed by atoms with E-state index < -0.39 is 0 Å². The molecule has 2 N–H and O–H groups in total. The maximum Gasteiger partial charge on any atom is 0.0555 e. The summed E-state index contributed by atoms with van der Waals surface area (Å²) in [4.78, 5) is 4.01. The first-order valence-corrected chi connectivity index (χ1v) is 5.41. The van der Waals surface area contributed by atoms with Crippen LogP contribution in [0.15, 0.2) is 42.7 Å². The van der Waals surface area contributed by atoms with Crippen LogP contribution in [0.1, 0.15) is 28.3 Å². The van der Waals surface area contributed by atoms with E-state index in [1.54, 1.807) is 12.4 Å². The standard InChI is InChI=1S/C14H16N2/c1-10-3-4-11(2)13(9-10)14(15)12-5-7-16-8-6-12/h3-9,14H,15H2,1-2H3/t14-/m1/s1. The van der Waals surface area contributed by atoms with Gasteiger partial charge in [-0.15, -0.1) is 0 Å². The van der Waals surface area contributed by atoms with Crippen molar-refractivity contribution in [2.24, 2.45) is 5.73 Å². The van der Waals surface area contributed by atoms with Crippen LogP contribution in [0.4, 0.5) is 0 Å². The van der Waals surface area contributed by atoms with Crippen molar-refractivity contribution in [2.45, 2.75) is 19.9 Å². The molecule has 0 aliphatic rings. The van der Waals surface area contributed by atoms with Gasteiger partial charge in [-0.1, -0.05) is 23.8 Å². The average Bonchev–Trinajstić information content (AvgIpc) is 2.32. The van der Waals surface area contributed by atoms with Crippen molar-refractivity contribution >= 4 is 0 Å². The first-order valence-electron chi connectivity index (χ1n) is 5.41. The molecule has 2 heteroatoms. The number of aromatic nitrogens is 1. The van der Waals surface area contributed by atoms with Gasteiger partial charge in [-0.3, -0.25) is 4.98 Å². The fourth-order valence-corrected chi connectivity index (χ4v) is 1.85. The van der Waals surface area contributed by atoms with Gasteiger partial charge in [0.15, 0.2) is 0 Å². The zero-order chi connectivity index (χ0) is 11.5. The lowest BCUT2D eigenvalue weighted by atomic mass is 9.95. The molecule has 0 amide bonds. The summed E-state index contributed by atoms with van der Waals surface area (Å²) in [5.41, 5.74) is 11.0. The maximum atomic E-state index is 6.26. The molecule has 0 spiro atoms. The number of hydrogen-bond donors (Lipinski definition) is 1. The molecule has 0 bridgehead atoms. The number of nitrogens with two attached hydrogens (primary N) is 1. The molecule has 0 aliphatic heterocycles. The van der Waals surface area contributed by atoms with Crippen LogP contribution in [-0.4, -0.2) is 4.98 Å². The minimum Gasteiger partial charge on any atom is -0.320 e. The molecule has 82 valence electrons. The Hall–Kier alpha value is -1.67. The number of nitrogens with zero attached hydrogens (tertiary/aromatic N) is 1. The van der Waals surface area contributed by atoms with Crippen LogP contribution in [-0.2, 0) is 0 Å². The van der Waals surface area contributed by atoms with Gasteiger partial charge in [0.1, 0.15) is 0 Å². The van der Waals surface area contributed by atoms with E-state index in [0.29, 0.717) is 0 Å². The molecule has 16 heavy (non-hydrogen) atoms. The first kappa shape index (κ1) is 10.8. The summed E-state index contributed by atoms with van der Waals surface area (Å²) in [6.07, 6.45) is 3.56. The molecular weight excluding hydrogens is 196 g/mol. The summed E-state index contributed by atoms with van der Waals surface area (Å²) in [5.74, 6) is 0. The van der Waals surface area contributed by atoms with Crippen molar-refractivity contribution in [3.63, 3.8) is 0 Å². The highest BCUT2D eigenvalue weighted by Gasteiger charge is 2.10. The summed E-state index contributed by atoms with van der Waals surface area (Å²) in [6.45, 7) is 4.18. The Labute approximate surface area is 96.1 Å². The molecule has 1 heterocycles. The van der Waals surface area contributed by atoms with Crippen LogP contribution in [0.2, 0.25) is 0 Å². The van der Waals surface area contributed by atoms with Gasteiger partial charge >= 0.3 is 0 Å². The summed E-state index contributed by atoms with van der Waals surface area (Å²) in [6, 6.07) is 10.2. The monoisotopic (exact) mass is 212 g/mol. The van der Waals surface area contributed by atoms with Crippen LogP contribution in [0.5, 0.6) is 0 Å². The van der Waals surface area contributed by atoms with Crippen LogP contribution in [0.3, 0.4) is 0 Å². The molecular formula is C14H16N2. The van der Waals surface area contributed by atoms with Gasteiger partial charge in [-0.05, 0) is 42.7 Å². The Morgan fingerprint density at radius 3 is 2.44 bits per heavy atom. The molecule has 0 fully saturated rings. The number of pyridine rings is 1. The van der Waals surface area contributed by atoms with Gasteiger partial charge in [-0.25, -0.2) is 0 Å². The summed E-state index contributed by atoms with van der Waals surface area (Å²) < 4.78 is 0. The highest BCUT2D eigenvalue weighted by Crippen LogP contribution is 2.22. The minimum atomic E-state index is -0.0668. The molecule has 1 atom stereocenters. The fourth-order valence-electron chi connectivity index (χ4n) is 1.85. The second kappa shape index (κ2) is 4.45. The van der Waals surface area contributed by atoms with Crippen molar-refractivity contribution in [2.75, 3.05) is 0 Å². The van der Waals surface area contributed by atoms with Gasteiger partial charge in [0.05, 0.1) is 6.04 Å². The number of hydrogen-bond acceptors (Lipinski definition) is 2. The van der Waals surface area contributed by atoms with Crippen molar-refractivity contribution in [3.8, 4) is 0 Å². The minimum absolute atomic E-state index is 0.0668. The van der Waals surface area contributed by atoms with Crippen LogP contribution < -0.4 is 5.73 Å². The molecule has 1 aromatic heterocycles. The van der Waals surface area contributed by atoms with Gasteiger partial charge in [0.25, 0.3) is 0 Å². The summed E-state index contributed by atoms with van der Waals surface area (Å²) in [5, 5.41) is 0. The molecule has 1 aromatic carbocycles. The largest absolute Gasteiger partial charge is 0.320 e. The molecule has 0 saturated carbocycles. The summed E-state index contributed by atoms with van der Waals surface area (Å²) >= 11 is 0. The Morgan fingerprint density at radius 1 is 1.06 bits per heavy atom. The van der Waals surface area contributed by atoms with Crippen molar-refractivity contribution < 1.29 is 0 Å². The van der Waals surface area contributed by atoms with Crippen molar-refractivity contribution in [1.29, 1.82) is 0 Å². The maximum absolute atomic E-state index is 6.26. The van der Waals surface area contributed by atoms with E-state index in [0.717, 1.165) is 5.56 Å². The SMILES string of the molecule is Cc1ccc(C)c([C@H](N)c2ccncc2)c1. The Morgan fingerprint density at radius 2 is 1.75 bits per heavy atom. The number of aryl methyl sites for hydroxylation is 2. The Balaban J connectivity index is 2.41.